The van der Waals surface area contributed by atoms with Crippen LogP contribution in [0.15, 0.2) is 89.9 Å². The fourth-order valence-electron chi connectivity index (χ4n) is 2.85. The Bertz CT molecular complexity index is 1040. The molecule has 0 saturated carbocycles. The molecule has 0 aliphatic rings. The third-order valence-electron chi connectivity index (χ3n) is 4.11. The van der Waals surface area contributed by atoms with Crippen molar-refractivity contribution in [2.45, 2.75) is 12.6 Å². The van der Waals surface area contributed by atoms with Gasteiger partial charge in [-0.2, -0.15) is 0 Å². The van der Waals surface area contributed by atoms with E-state index in [2.05, 4.69) is 16.7 Å². The molecule has 0 bridgehead atoms. The van der Waals surface area contributed by atoms with Crippen LogP contribution < -0.4 is 4.80 Å². The van der Waals surface area contributed by atoms with Crippen LogP contribution in [0, 0.1) is 0 Å². The number of para-hydroxylation sites is 2. The van der Waals surface area contributed by atoms with Gasteiger partial charge in [-0.05, 0) is 29.8 Å². The number of aliphatic hydroxyl groups is 1. The van der Waals surface area contributed by atoms with Gasteiger partial charge in [0.2, 0.25) is 0 Å². The Kier molecular flexibility index (Phi) is 4.46. The van der Waals surface area contributed by atoms with Gasteiger partial charge in [0.15, 0.2) is 4.80 Å². The second kappa shape index (κ2) is 7.05. The van der Waals surface area contributed by atoms with Gasteiger partial charge in [0.05, 0.1) is 28.6 Å². The van der Waals surface area contributed by atoms with Gasteiger partial charge in [0.1, 0.15) is 0 Å². The summed E-state index contributed by atoms with van der Waals surface area (Å²) in [5.74, 6) is 0. The summed E-state index contributed by atoms with van der Waals surface area (Å²) in [7, 11) is 0. The molecule has 3 nitrogen and oxygen atoms in total. The lowest BCUT2D eigenvalue weighted by Crippen LogP contribution is -2.19. The highest BCUT2D eigenvalue weighted by molar-refractivity contribution is 7.16. The summed E-state index contributed by atoms with van der Waals surface area (Å²) < 4.78 is 3.27. The molecule has 0 fully saturated rings. The van der Waals surface area contributed by atoms with E-state index in [1.54, 1.807) is 11.3 Å². The van der Waals surface area contributed by atoms with Gasteiger partial charge < -0.3 is 9.67 Å². The number of nitrogens with zero attached hydrogens (tertiary/aromatic N) is 2. The van der Waals surface area contributed by atoms with Gasteiger partial charge in [0.25, 0.3) is 0 Å². The summed E-state index contributed by atoms with van der Waals surface area (Å²) in [4.78, 5) is 5.69. The predicted molar refractivity (Wildman–Crippen MR) is 103 cm³/mol. The first-order chi connectivity index (χ1) is 12.3. The van der Waals surface area contributed by atoms with Crippen LogP contribution in [-0.2, 0) is 6.54 Å². The molecule has 3 aromatic carbocycles. The predicted octanol–water partition coefficient (Wildman–Crippen LogP) is 4.67. The summed E-state index contributed by atoms with van der Waals surface area (Å²) in [6, 6.07) is 27.9. The summed E-state index contributed by atoms with van der Waals surface area (Å²) >= 11 is 1.64. The number of hydrogen-bond donors (Lipinski definition) is 1. The first kappa shape index (κ1) is 15.8. The number of rotatable bonds is 4. The van der Waals surface area contributed by atoms with Crippen LogP contribution in [0.3, 0.4) is 0 Å². The van der Waals surface area contributed by atoms with Crippen LogP contribution in [0.5, 0.6) is 0 Å². The molecule has 4 heteroatoms. The molecule has 1 N–H and O–H groups in total. The van der Waals surface area contributed by atoms with Crippen LogP contribution in [0.25, 0.3) is 10.2 Å². The minimum absolute atomic E-state index is 0.472. The van der Waals surface area contributed by atoms with Crippen LogP contribution in [0.2, 0.25) is 0 Å². The second-order valence-electron chi connectivity index (χ2n) is 5.84. The fourth-order valence-corrected chi connectivity index (χ4v) is 3.91. The normalized spacial score (nSPS) is 13.2. The van der Waals surface area contributed by atoms with Crippen molar-refractivity contribution < 1.29 is 5.11 Å². The molecule has 1 aromatic heterocycles. The number of aromatic nitrogens is 1. The first-order valence-electron chi connectivity index (χ1n) is 8.22. The fraction of sp³-hybridized carbons (Fsp3) is 0.0952. The topological polar surface area (TPSA) is 37.5 Å². The maximum absolute atomic E-state index is 10.7. The van der Waals surface area contributed by atoms with E-state index in [1.807, 2.05) is 72.8 Å². The molecular weight excluding hydrogens is 328 g/mol. The molecule has 0 aliphatic carbocycles. The van der Waals surface area contributed by atoms with Crippen molar-refractivity contribution in [3.05, 3.63) is 95.3 Å². The smallest absolute Gasteiger partial charge is 0.191 e. The minimum Gasteiger partial charge on any atom is -0.387 e. The highest BCUT2D eigenvalue weighted by Gasteiger charge is 2.12. The zero-order valence-electron chi connectivity index (χ0n) is 13.6. The molecule has 25 heavy (non-hydrogen) atoms. The standard InChI is InChI=1S/C21H18N2OS/c24-19(16-9-3-1-4-10-16)15-23-18-13-7-8-14-20(18)25-21(23)22-17-11-5-2-6-12-17/h1-14,19,24H,15H2/t19-/m0/s1. The molecule has 4 aromatic rings. The van der Waals surface area contributed by atoms with Gasteiger partial charge >= 0.3 is 0 Å². The zero-order valence-corrected chi connectivity index (χ0v) is 14.4. The Morgan fingerprint density at radius 1 is 0.840 bits per heavy atom. The van der Waals surface area contributed by atoms with Crippen LogP contribution in [-0.4, -0.2) is 9.67 Å². The van der Waals surface area contributed by atoms with Crippen molar-refractivity contribution in [2.24, 2.45) is 4.99 Å². The Morgan fingerprint density at radius 3 is 2.24 bits per heavy atom. The third kappa shape index (κ3) is 3.40. The van der Waals surface area contributed by atoms with Crippen molar-refractivity contribution in [1.29, 1.82) is 0 Å². The van der Waals surface area contributed by atoms with E-state index in [0.29, 0.717) is 6.54 Å². The lowest BCUT2D eigenvalue weighted by Gasteiger charge is -2.13. The summed E-state index contributed by atoms with van der Waals surface area (Å²) in [5.41, 5.74) is 2.92. The molecule has 0 aliphatic heterocycles. The molecule has 4 rings (SSSR count). The van der Waals surface area contributed by atoms with Gasteiger partial charge in [-0.15, -0.1) is 0 Å². The summed E-state index contributed by atoms with van der Waals surface area (Å²) in [6.07, 6.45) is -0.575. The van der Waals surface area contributed by atoms with Gasteiger partial charge in [-0.1, -0.05) is 72.0 Å². The number of thiazole rings is 1. The first-order valence-corrected chi connectivity index (χ1v) is 9.04. The average Bonchev–Trinajstić information content (AvgIpc) is 3.00. The number of benzene rings is 3. The Balaban J connectivity index is 1.81. The Morgan fingerprint density at radius 2 is 1.48 bits per heavy atom. The van der Waals surface area contributed by atoms with E-state index in [-0.39, 0.29) is 0 Å². The number of aliphatic hydroxyl groups excluding tert-OH is 1. The summed E-state index contributed by atoms with van der Waals surface area (Å²) in [6.45, 7) is 0.472. The lowest BCUT2D eigenvalue weighted by molar-refractivity contribution is 0.157. The Labute approximate surface area is 150 Å². The van der Waals surface area contributed by atoms with Crippen molar-refractivity contribution in [1.82, 2.24) is 4.57 Å². The molecule has 1 atom stereocenters. The van der Waals surface area contributed by atoms with Crippen molar-refractivity contribution in [2.75, 3.05) is 0 Å². The van der Waals surface area contributed by atoms with Gasteiger partial charge in [0, 0.05) is 0 Å². The number of hydrogen-bond acceptors (Lipinski definition) is 3. The van der Waals surface area contributed by atoms with E-state index in [0.717, 1.165) is 26.3 Å². The second-order valence-corrected chi connectivity index (χ2v) is 6.85. The lowest BCUT2D eigenvalue weighted by atomic mass is 10.1. The maximum atomic E-state index is 10.7. The third-order valence-corrected chi connectivity index (χ3v) is 5.17. The molecular formula is C21H18N2OS. The van der Waals surface area contributed by atoms with Crippen molar-refractivity contribution in [3.63, 3.8) is 0 Å². The highest BCUT2D eigenvalue weighted by atomic mass is 32.1. The zero-order chi connectivity index (χ0) is 17.1. The van der Waals surface area contributed by atoms with Crippen molar-refractivity contribution >= 4 is 27.2 Å². The molecule has 124 valence electrons. The quantitative estimate of drug-likeness (QED) is 0.573. The average molecular weight is 346 g/mol. The van der Waals surface area contributed by atoms with Gasteiger partial charge in [-0.3, -0.25) is 0 Å². The van der Waals surface area contributed by atoms with Crippen LogP contribution in [0.1, 0.15) is 11.7 Å². The van der Waals surface area contributed by atoms with E-state index in [4.69, 9.17) is 4.99 Å². The molecule has 0 saturated heterocycles. The highest BCUT2D eigenvalue weighted by Crippen LogP contribution is 2.21. The summed E-state index contributed by atoms with van der Waals surface area (Å²) in [5, 5.41) is 10.7. The van der Waals surface area contributed by atoms with E-state index in [1.165, 1.54) is 0 Å². The van der Waals surface area contributed by atoms with Crippen LogP contribution >= 0.6 is 11.3 Å². The maximum Gasteiger partial charge on any atom is 0.191 e. The molecule has 0 spiro atoms. The molecule has 0 amide bonds. The minimum atomic E-state index is -0.575. The van der Waals surface area contributed by atoms with Gasteiger partial charge in [-0.25, -0.2) is 4.99 Å². The van der Waals surface area contributed by atoms with E-state index in [9.17, 15) is 5.11 Å². The Hall–Kier alpha value is -2.69. The largest absolute Gasteiger partial charge is 0.387 e. The molecule has 0 radical (unpaired) electrons. The SMILES string of the molecule is O[C@@H](Cn1c(=Nc2ccccc2)sc2ccccc21)c1ccccc1. The van der Waals surface area contributed by atoms with Crippen molar-refractivity contribution in [3.8, 4) is 0 Å². The number of fused-ring (bicyclic) bond motifs is 1. The van der Waals surface area contributed by atoms with E-state index < -0.39 is 6.10 Å². The monoisotopic (exact) mass is 346 g/mol. The van der Waals surface area contributed by atoms with E-state index >= 15 is 0 Å². The molecule has 0 unspecified atom stereocenters. The molecule has 1 heterocycles. The van der Waals surface area contributed by atoms with Crippen LogP contribution in [0.4, 0.5) is 5.69 Å².